The van der Waals surface area contributed by atoms with E-state index >= 15 is 0 Å². The van der Waals surface area contributed by atoms with Gasteiger partial charge in [-0.05, 0) is 84.3 Å². The van der Waals surface area contributed by atoms with E-state index in [1.165, 1.54) is 43.4 Å². The lowest BCUT2D eigenvalue weighted by Crippen LogP contribution is -2.46. The molecule has 5 rings (SSSR count). The van der Waals surface area contributed by atoms with Crippen molar-refractivity contribution in [3.63, 3.8) is 0 Å². The van der Waals surface area contributed by atoms with Gasteiger partial charge in [0.05, 0.1) is 0 Å². The van der Waals surface area contributed by atoms with Crippen LogP contribution in [0.3, 0.4) is 0 Å². The molecule has 0 saturated carbocycles. The normalized spacial score (nSPS) is 19.7. The largest absolute Gasteiger partial charge is 0.352 e. The second kappa shape index (κ2) is 8.52. The Bertz CT molecular complexity index is 1050. The van der Waals surface area contributed by atoms with Crippen LogP contribution in [0.4, 0.5) is 0 Å². The van der Waals surface area contributed by atoms with Gasteiger partial charge in [-0.2, -0.15) is 0 Å². The third-order valence-electron chi connectivity index (χ3n) is 6.71. The first-order valence-corrected chi connectivity index (χ1v) is 11.7. The van der Waals surface area contributed by atoms with Gasteiger partial charge in [0, 0.05) is 29.2 Å². The molecule has 0 spiro atoms. The lowest BCUT2D eigenvalue weighted by Gasteiger charge is -2.37. The van der Waals surface area contributed by atoms with Gasteiger partial charge in [-0.25, -0.2) is 0 Å². The van der Waals surface area contributed by atoms with Gasteiger partial charge < -0.3 is 5.32 Å². The van der Waals surface area contributed by atoms with Crippen LogP contribution in [0.2, 0.25) is 0 Å². The summed E-state index contributed by atoms with van der Waals surface area (Å²) in [6, 6.07) is 21.6. The van der Waals surface area contributed by atoms with Crippen molar-refractivity contribution in [3.8, 4) is 0 Å². The van der Waals surface area contributed by atoms with Gasteiger partial charge >= 0.3 is 0 Å². The van der Waals surface area contributed by atoms with E-state index < -0.39 is 0 Å². The summed E-state index contributed by atoms with van der Waals surface area (Å²) < 4.78 is 1.06. The molecule has 154 valence electrons. The fourth-order valence-electron chi connectivity index (χ4n) is 5.09. The van der Waals surface area contributed by atoms with Crippen LogP contribution in [-0.2, 0) is 12.8 Å². The monoisotopic (exact) mass is 462 g/mol. The molecule has 2 aliphatic rings. The van der Waals surface area contributed by atoms with E-state index in [1.54, 1.807) is 0 Å². The highest BCUT2D eigenvalue weighted by atomic mass is 79.9. The number of piperidine rings is 1. The van der Waals surface area contributed by atoms with Crippen molar-refractivity contribution in [2.45, 2.75) is 31.7 Å². The highest BCUT2D eigenvalue weighted by Crippen LogP contribution is 2.28. The van der Waals surface area contributed by atoms with Crippen LogP contribution >= 0.6 is 15.9 Å². The highest BCUT2D eigenvalue weighted by Gasteiger charge is 2.30. The molecule has 0 bridgehead atoms. The Morgan fingerprint density at radius 1 is 1.00 bits per heavy atom. The minimum Gasteiger partial charge on any atom is -0.352 e. The lowest BCUT2D eigenvalue weighted by atomic mass is 9.95. The Balaban J connectivity index is 1.18. The Hall–Kier alpha value is -2.17. The zero-order chi connectivity index (χ0) is 20.5. The number of benzene rings is 3. The van der Waals surface area contributed by atoms with Gasteiger partial charge in [-0.1, -0.05) is 52.3 Å². The van der Waals surface area contributed by atoms with Gasteiger partial charge in [0.2, 0.25) is 0 Å². The molecule has 1 aliphatic heterocycles. The molecular weight excluding hydrogens is 436 g/mol. The topological polar surface area (TPSA) is 32.3 Å². The van der Waals surface area contributed by atoms with Crippen LogP contribution < -0.4 is 5.32 Å². The first-order chi connectivity index (χ1) is 14.7. The number of rotatable bonds is 4. The number of amides is 1. The highest BCUT2D eigenvalue weighted by molar-refractivity contribution is 9.10. The number of likely N-dealkylation sites (tertiary alicyclic amines) is 1. The van der Waals surface area contributed by atoms with Crippen molar-refractivity contribution in [2.24, 2.45) is 5.92 Å². The maximum Gasteiger partial charge on any atom is 0.251 e. The van der Waals surface area contributed by atoms with Crippen LogP contribution in [-0.4, -0.2) is 36.5 Å². The first-order valence-electron chi connectivity index (χ1n) is 10.9. The first kappa shape index (κ1) is 19.8. The zero-order valence-corrected chi connectivity index (χ0v) is 18.7. The second-order valence-electron chi connectivity index (χ2n) is 8.75. The van der Waals surface area contributed by atoms with Gasteiger partial charge in [0.15, 0.2) is 0 Å². The van der Waals surface area contributed by atoms with Crippen LogP contribution in [0.25, 0.3) is 10.8 Å². The van der Waals surface area contributed by atoms with E-state index in [-0.39, 0.29) is 5.91 Å². The summed E-state index contributed by atoms with van der Waals surface area (Å²) in [7, 11) is 0. The third-order valence-corrected chi connectivity index (χ3v) is 7.21. The maximum absolute atomic E-state index is 12.8. The molecule has 30 heavy (non-hydrogen) atoms. The van der Waals surface area contributed by atoms with Gasteiger partial charge in [-0.3, -0.25) is 9.69 Å². The van der Waals surface area contributed by atoms with E-state index in [1.807, 2.05) is 24.3 Å². The Labute approximate surface area is 186 Å². The standard InChI is InChI=1S/C26H27BrN2O/c27-24-10-9-21-12-23(8-7-22(21)13-24)26(30)28-16-18-4-3-11-29(17-18)25-14-19-5-1-2-6-20(19)15-25/h1-2,5-10,12-13,18,25H,3-4,11,14-17H2,(H,28,30). The summed E-state index contributed by atoms with van der Waals surface area (Å²) in [5.41, 5.74) is 3.77. The Morgan fingerprint density at radius 2 is 1.73 bits per heavy atom. The molecular formula is C26H27BrN2O. The van der Waals surface area contributed by atoms with Gasteiger partial charge in [0.25, 0.3) is 5.91 Å². The predicted molar refractivity (Wildman–Crippen MR) is 126 cm³/mol. The number of carbonyl (C=O) groups is 1. The van der Waals surface area contributed by atoms with E-state index in [0.717, 1.165) is 33.9 Å². The number of halogens is 1. The third kappa shape index (κ3) is 4.17. The molecule has 1 amide bonds. The second-order valence-corrected chi connectivity index (χ2v) is 9.67. The Kier molecular flexibility index (Phi) is 5.62. The molecule has 1 atom stereocenters. The van der Waals surface area contributed by atoms with E-state index in [9.17, 15) is 4.79 Å². The number of hydrogen-bond donors (Lipinski definition) is 1. The number of carbonyl (C=O) groups excluding carboxylic acids is 1. The molecule has 1 aliphatic carbocycles. The van der Waals surface area contributed by atoms with Gasteiger partial charge in [0.1, 0.15) is 0 Å². The van der Waals surface area contributed by atoms with Crippen LogP contribution in [0.15, 0.2) is 65.1 Å². The van der Waals surface area contributed by atoms with Gasteiger partial charge in [-0.15, -0.1) is 0 Å². The van der Waals surface area contributed by atoms with E-state index in [4.69, 9.17) is 0 Å². The smallest absolute Gasteiger partial charge is 0.251 e. The van der Waals surface area contributed by atoms with Crippen molar-refractivity contribution in [3.05, 3.63) is 81.8 Å². The minimum atomic E-state index is 0.0326. The SMILES string of the molecule is O=C(NCC1CCCN(C2Cc3ccccc3C2)C1)c1ccc2cc(Br)ccc2c1. The fourth-order valence-corrected chi connectivity index (χ4v) is 5.47. The number of nitrogens with zero attached hydrogens (tertiary/aromatic N) is 1. The molecule has 0 radical (unpaired) electrons. The molecule has 3 aromatic carbocycles. The minimum absolute atomic E-state index is 0.0326. The molecule has 4 heteroatoms. The molecule has 1 N–H and O–H groups in total. The van der Waals surface area contributed by atoms with Crippen LogP contribution in [0.5, 0.6) is 0 Å². The predicted octanol–water partition coefficient (Wildman–Crippen LogP) is 5.21. The average Bonchev–Trinajstić information content (AvgIpc) is 3.22. The summed E-state index contributed by atoms with van der Waals surface area (Å²) in [5, 5.41) is 5.43. The van der Waals surface area contributed by atoms with Crippen molar-refractivity contribution < 1.29 is 4.79 Å². The molecule has 3 aromatic rings. The summed E-state index contributed by atoms with van der Waals surface area (Å²) in [6.07, 6.45) is 4.76. The molecule has 1 fully saturated rings. The molecule has 3 nitrogen and oxygen atoms in total. The van der Waals surface area contributed by atoms with Crippen molar-refractivity contribution in [1.29, 1.82) is 0 Å². The number of fused-ring (bicyclic) bond motifs is 2. The lowest BCUT2D eigenvalue weighted by molar-refractivity contribution is 0.0915. The summed E-state index contributed by atoms with van der Waals surface area (Å²) in [6.45, 7) is 3.03. The quantitative estimate of drug-likeness (QED) is 0.576. The Morgan fingerprint density at radius 3 is 2.53 bits per heavy atom. The van der Waals surface area contributed by atoms with E-state index in [2.05, 4.69) is 62.5 Å². The number of nitrogens with one attached hydrogen (secondary N) is 1. The van der Waals surface area contributed by atoms with E-state index in [0.29, 0.717) is 12.0 Å². The maximum atomic E-state index is 12.8. The summed E-state index contributed by atoms with van der Waals surface area (Å²) >= 11 is 3.50. The van der Waals surface area contributed by atoms with Crippen molar-refractivity contribution >= 4 is 32.6 Å². The van der Waals surface area contributed by atoms with Crippen LogP contribution in [0, 0.1) is 5.92 Å². The molecule has 0 aromatic heterocycles. The van der Waals surface area contributed by atoms with Crippen LogP contribution in [0.1, 0.15) is 34.3 Å². The summed E-state index contributed by atoms with van der Waals surface area (Å²) in [5.74, 6) is 0.563. The van der Waals surface area contributed by atoms with Crippen molar-refractivity contribution in [2.75, 3.05) is 19.6 Å². The molecule has 1 saturated heterocycles. The summed E-state index contributed by atoms with van der Waals surface area (Å²) in [4.78, 5) is 15.4. The fraction of sp³-hybridized carbons (Fsp3) is 0.346. The zero-order valence-electron chi connectivity index (χ0n) is 17.1. The number of hydrogen-bond acceptors (Lipinski definition) is 2. The van der Waals surface area contributed by atoms with Crippen molar-refractivity contribution in [1.82, 2.24) is 10.2 Å². The average molecular weight is 463 g/mol. The molecule has 1 heterocycles. The molecule has 1 unspecified atom stereocenters.